The van der Waals surface area contributed by atoms with Crippen molar-refractivity contribution in [2.45, 2.75) is 71.1 Å². The summed E-state index contributed by atoms with van der Waals surface area (Å²) in [5.74, 6) is -0.766. The molecule has 0 saturated heterocycles. The van der Waals surface area contributed by atoms with Gasteiger partial charge in [-0.15, -0.1) is 0 Å². The number of hydrogen-bond acceptors (Lipinski definition) is 6. The smallest absolute Gasteiger partial charge is 0.343 e. The van der Waals surface area contributed by atoms with E-state index in [1.54, 1.807) is 31.2 Å². The van der Waals surface area contributed by atoms with Gasteiger partial charge in [0.25, 0.3) is 0 Å². The van der Waals surface area contributed by atoms with Crippen LogP contribution in [0.1, 0.15) is 92.0 Å². The second-order valence-corrected chi connectivity index (χ2v) is 10.2. The predicted molar refractivity (Wildman–Crippen MR) is 124 cm³/mol. The number of rotatable bonds is 8. The SMILES string of the molecule is CCCC(c1cccc(NS(=O)(=O)CCC)c1)c1c(O)c2c(oc1=O)CCCCCC2=O. The first-order valence-electron chi connectivity index (χ1n) is 11.3. The number of nitrogens with one attached hydrogen (secondary N) is 1. The summed E-state index contributed by atoms with van der Waals surface area (Å²) in [6.07, 6.45) is 4.88. The van der Waals surface area contributed by atoms with Crippen LogP contribution in [0.2, 0.25) is 0 Å². The molecule has 1 aromatic heterocycles. The number of carbonyl (C=O) groups excluding carboxylic acids is 1. The van der Waals surface area contributed by atoms with Crippen molar-refractivity contribution in [1.82, 2.24) is 0 Å². The molecule has 1 heterocycles. The van der Waals surface area contributed by atoms with Crippen molar-refractivity contribution in [3.63, 3.8) is 0 Å². The van der Waals surface area contributed by atoms with Crippen molar-refractivity contribution in [2.75, 3.05) is 10.5 Å². The third-order valence-corrected chi connectivity index (χ3v) is 7.25. The van der Waals surface area contributed by atoms with Crippen LogP contribution in [0.3, 0.4) is 0 Å². The molecule has 0 aliphatic heterocycles. The maximum Gasteiger partial charge on any atom is 0.343 e. The van der Waals surface area contributed by atoms with E-state index in [1.807, 2.05) is 6.92 Å². The highest BCUT2D eigenvalue weighted by Crippen LogP contribution is 2.38. The van der Waals surface area contributed by atoms with E-state index >= 15 is 0 Å². The molecular weight excluding hydrogens is 430 g/mol. The summed E-state index contributed by atoms with van der Waals surface area (Å²) in [5.41, 5.74) is 0.603. The first-order chi connectivity index (χ1) is 15.3. The molecule has 1 aliphatic rings. The summed E-state index contributed by atoms with van der Waals surface area (Å²) in [6, 6.07) is 6.81. The number of Topliss-reactive ketones (excluding diaryl/α,β-unsaturated/α-hetero) is 1. The molecule has 1 aliphatic carbocycles. The van der Waals surface area contributed by atoms with E-state index in [2.05, 4.69) is 4.72 Å². The highest BCUT2D eigenvalue weighted by Gasteiger charge is 2.30. The molecular formula is C24H31NO6S. The fraction of sp³-hybridized carbons (Fsp3) is 0.500. The summed E-state index contributed by atoms with van der Waals surface area (Å²) >= 11 is 0. The lowest BCUT2D eigenvalue weighted by molar-refractivity contribution is 0.0968. The molecule has 1 unspecified atom stereocenters. The first kappa shape index (κ1) is 24.0. The standard InChI is InChI=1S/C24H31NO6S/c1-3-9-18(16-10-8-11-17(15-16)25-32(29,30)14-4-2)21-23(27)22-19(26)12-6-5-7-13-20(22)31-24(21)28/h8,10-11,15,18,25,27H,3-7,9,12-14H2,1-2H3. The summed E-state index contributed by atoms with van der Waals surface area (Å²) < 4.78 is 32.5. The highest BCUT2D eigenvalue weighted by atomic mass is 32.2. The lowest BCUT2D eigenvalue weighted by Crippen LogP contribution is -2.20. The average molecular weight is 462 g/mol. The topological polar surface area (TPSA) is 114 Å². The lowest BCUT2D eigenvalue weighted by Gasteiger charge is -2.21. The van der Waals surface area contributed by atoms with Crippen LogP contribution in [-0.2, 0) is 16.4 Å². The number of hydrogen-bond donors (Lipinski definition) is 2. The minimum atomic E-state index is -3.47. The van der Waals surface area contributed by atoms with E-state index in [0.29, 0.717) is 43.4 Å². The van der Waals surface area contributed by atoms with Gasteiger partial charge in [-0.05, 0) is 43.4 Å². The Kier molecular flexibility index (Phi) is 7.77. The third kappa shape index (κ3) is 5.41. The Labute approximate surface area is 188 Å². The fourth-order valence-electron chi connectivity index (χ4n) is 4.31. The molecule has 1 atom stereocenters. The first-order valence-corrected chi connectivity index (χ1v) is 12.9. The zero-order valence-electron chi connectivity index (χ0n) is 18.6. The van der Waals surface area contributed by atoms with Gasteiger partial charge in [-0.1, -0.05) is 38.8 Å². The van der Waals surface area contributed by atoms with Crippen molar-refractivity contribution in [3.8, 4) is 5.75 Å². The van der Waals surface area contributed by atoms with Gasteiger partial charge in [-0.25, -0.2) is 13.2 Å². The van der Waals surface area contributed by atoms with E-state index in [-0.39, 0.29) is 34.2 Å². The Bertz CT molecular complexity index is 1140. The second kappa shape index (κ2) is 10.3. The second-order valence-electron chi connectivity index (χ2n) is 8.32. The van der Waals surface area contributed by atoms with Gasteiger partial charge < -0.3 is 9.52 Å². The molecule has 0 radical (unpaired) electrons. The number of sulfonamides is 1. The Balaban J connectivity index is 2.09. The summed E-state index contributed by atoms with van der Waals surface area (Å²) in [4.78, 5) is 25.7. The minimum Gasteiger partial charge on any atom is -0.506 e. The number of anilines is 1. The van der Waals surface area contributed by atoms with Gasteiger partial charge in [0.1, 0.15) is 11.5 Å². The summed E-state index contributed by atoms with van der Waals surface area (Å²) in [5, 5.41) is 11.1. The lowest BCUT2D eigenvalue weighted by atomic mass is 9.85. The molecule has 0 amide bonds. The van der Waals surface area contributed by atoms with Crippen LogP contribution in [0.5, 0.6) is 5.75 Å². The molecule has 0 saturated carbocycles. The molecule has 2 aromatic rings. The van der Waals surface area contributed by atoms with Crippen LogP contribution in [0.15, 0.2) is 33.5 Å². The maximum atomic E-state index is 13.0. The number of ketones is 1. The van der Waals surface area contributed by atoms with Crippen molar-refractivity contribution in [2.24, 2.45) is 0 Å². The van der Waals surface area contributed by atoms with E-state index in [0.717, 1.165) is 19.3 Å². The number of fused-ring (bicyclic) bond motifs is 1. The molecule has 0 fully saturated rings. The highest BCUT2D eigenvalue weighted by molar-refractivity contribution is 7.92. The molecule has 8 heteroatoms. The van der Waals surface area contributed by atoms with Gasteiger partial charge in [0.15, 0.2) is 5.78 Å². The van der Waals surface area contributed by atoms with Crippen LogP contribution >= 0.6 is 0 Å². The number of benzene rings is 1. The van der Waals surface area contributed by atoms with Gasteiger partial charge in [0, 0.05) is 24.4 Å². The fourth-order valence-corrected chi connectivity index (χ4v) is 5.44. The van der Waals surface area contributed by atoms with Gasteiger partial charge in [-0.3, -0.25) is 9.52 Å². The van der Waals surface area contributed by atoms with Gasteiger partial charge in [0.2, 0.25) is 10.0 Å². The summed E-state index contributed by atoms with van der Waals surface area (Å²) in [7, 11) is -3.47. The molecule has 3 rings (SSSR count). The van der Waals surface area contributed by atoms with Crippen LogP contribution in [0, 0.1) is 0 Å². The zero-order chi connectivity index (χ0) is 23.3. The van der Waals surface area contributed by atoms with Crippen molar-refractivity contribution in [3.05, 3.63) is 57.1 Å². The molecule has 7 nitrogen and oxygen atoms in total. The molecule has 0 bridgehead atoms. The van der Waals surface area contributed by atoms with Crippen LogP contribution in [-0.4, -0.2) is 25.1 Å². The molecule has 32 heavy (non-hydrogen) atoms. The van der Waals surface area contributed by atoms with Gasteiger partial charge in [-0.2, -0.15) is 0 Å². The number of aromatic hydroxyl groups is 1. The van der Waals surface area contributed by atoms with E-state index < -0.39 is 21.6 Å². The summed E-state index contributed by atoms with van der Waals surface area (Å²) in [6.45, 7) is 3.74. The van der Waals surface area contributed by atoms with E-state index in [4.69, 9.17) is 4.42 Å². The van der Waals surface area contributed by atoms with Gasteiger partial charge in [0.05, 0.1) is 16.9 Å². The number of carbonyl (C=O) groups is 1. The Morgan fingerprint density at radius 1 is 1.09 bits per heavy atom. The zero-order valence-corrected chi connectivity index (χ0v) is 19.5. The average Bonchev–Trinajstić information content (AvgIpc) is 2.71. The van der Waals surface area contributed by atoms with Gasteiger partial charge >= 0.3 is 5.63 Å². The molecule has 2 N–H and O–H groups in total. The Morgan fingerprint density at radius 3 is 2.56 bits per heavy atom. The normalized spacial score (nSPS) is 15.5. The van der Waals surface area contributed by atoms with Crippen molar-refractivity contribution in [1.29, 1.82) is 0 Å². The van der Waals surface area contributed by atoms with E-state index in [9.17, 15) is 23.1 Å². The third-order valence-electron chi connectivity index (χ3n) is 5.75. The van der Waals surface area contributed by atoms with Crippen molar-refractivity contribution >= 4 is 21.5 Å². The Hall–Kier alpha value is -2.61. The van der Waals surface area contributed by atoms with E-state index in [1.165, 1.54) is 0 Å². The van der Waals surface area contributed by atoms with Crippen LogP contribution in [0.25, 0.3) is 0 Å². The van der Waals surface area contributed by atoms with Crippen molar-refractivity contribution < 1.29 is 22.7 Å². The molecule has 174 valence electrons. The molecule has 1 aromatic carbocycles. The molecule has 0 spiro atoms. The largest absolute Gasteiger partial charge is 0.506 e. The quantitative estimate of drug-likeness (QED) is 0.588. The maximum absolute atomic E-state index is 13.0. The monoisotopic (exact) mass is 461 g/mol. The van der Waals surface area contributed by atoms with Crippen LogP contribution < -0.4 is 10.3 Å². The Morgan fingerprint density at radius 2 is 1.84 bits per heavy atom. The number of aryl methyl sites for hydroxylation is 1. The van der Waals surface area contributed by atoms with Crippen LogP contribution in [0.4, 0.5) is 5.69 Å². The predicted octanol–water partition coefficient (Wildman–Crippen LogP) is 4.73. The minimum absolute atomic E-state index is 0.00687.